The van der Waals surface area contributed by atoms with Crippen molar-refractivity contribution in [2.45, 2.75) is 78.4 Å². The molecule has 0 aliphatic carbocycles. The average molecular weight is 634 g/mol. The molecule has 0 aliphatic heterocycles. The van der Waals surface area contributed by atoms with Gasteiger partial charge in [-0.3, -0.25) is 19.2 Å². The van der Waals surface area contributed by atoms with E-state index >= 15 is 0 Å². The van der Waals surface area contributed by atoms with E-state index in [0.717, 1.165) is 33.6 Å². The number of esters is 2. The molecule has 4 rings (SSSR count). The average Bonchev–Trinajstić information content (AvgIpc) is 2.98. The van der Waals surface area contributed by atoms with Crippen molar-refractivity contribution in [1.29, 1.82) is 0 Å². The van der Waals surface area contributed by atoms with E-state index in [9.17, 15) is 19.2 Å². The molecule has 0 spiro atoms. The van der Waals surface area contributed by atoms with Gasteiger partial charge in [-0.25, -0.2) is 0 Å². The smallest absolute Gasteiger partial charge is 0.310 e. The van der Waals surface area contributed by atoms with Crippen LogP contribution in [-0.2, 0) is 44.7 Å². The third kappa shape index (κ3) is 11.7. The summed E-state index contributed by atoms with van der Waals surface area (Å²) in [5.74, 6) is -0.603. The van der Waals surface area contributed by atoms with Crippen molar-refractivity contribution in [1.82, 2.24) is 0 Å². The maximum absolute atomic E-state index is 12.9. The number of benzene rings is 4. The van der Waals surface area contributed by atoms with Gasteiger partial charge in [0.05, 0.1) is 12.8 Å². The molecule has 4 aromatic carbocycles. The third-order valence-corrected chi connectivity index (χ3v) is 7.01. The zero-order valence-corrected chi connectivity index (χ0v) is 28.0. The molecule has 0 saturated heterocycles. The molecule has 7 nitrogen and oxygen atoms in total. The fraction of sp³-hybridized carbons (Fsp3) is 0.300. The second-order valence-corrected chi connectivity index (χ2v) is 13.6. The summed E-state index contributed by atoms with van der Waals surface area (Å²) in [6.45, 7) is 11.0. The quantitative estimate of drug-likeness (QED) is 0.125. The van der Waals surface area contributed by atoms with Gasteiger partial charge in [-0.05, 0) is 88.1 Å². The number of hydrogen-bond donors (Lipinski definition) is 1. The summed E-state index contributed by atoms with van der Waals surface area (Å²) in [5.41, 5.74) is 5.26. The van der Waals surface area contributed by atoms with Crippen LogP contribution in [0.3, 0.4) is 0 Å². The highest BCUT2D eigenvalue weighted by molar-refractivity contribution is 5.98. The summed E-state index contributed by atoms with van der Waals surface area (Å²) in [6.07, 6.45) is 0.854. The van der Waals surface area contributed by atoms with Gasteiger partial charge in [-0.1, -0.05) is 72.8 Å². The maximum Gasteiger partial charge on any atom is 0.310 e. The molecule has 0 fully saturated rings. The Kier molecular flexibility index (Phi) is 11.1. The van der Waals surface area contributed by atoms with Gasteiger partial charge in [-0.2, -0.15) is 0 Å². The lowest BCUT2D eigenvalue weighted by Crippen LogP contribution is -2.24. The summed E-state index contributed by atoms with van der Waals surface area (Å²) in [4.78, 5) is 49.9. The Bertz CT molecular complexity index is 1560. The van der Waals surface area contributed by atoms with Crippen LogP contribution in [0.15, 0.2) is 97.1 Å². The second-order valence-electron chi connectivity index (χ2n) is 13.6. The Morgan fingerprint density at radius 1 is 0.447 bits per heavy atom. The number of carbonyl (C=O) groups is 4. The Balaban J connectivity index is 1.25. The molecule has 0 aliphatic rings. The van der Waals surface area contributed by atoms with Gasteiger partial charge in [-0.15, -0.1) is 0 Å². The van der Waals surface area contributed by atoms with Gasteiger partial charge in [0.25, 0.3) is 0 Å². The van der Waals surface area contributed by atoms with Crippen molar-refractivity contribution in [3.05, 3.63) is 130 Å². The van der Waals surface area contributed by atoms with E-state index in [1.165, 1.54) is 0 Å². The minimum absolute atomic E-state index is 0.00333. The van der Waals surface area contributed by atoms with E-state index in [4.69, 9.17) is 9.47 Å². The van der Waals surface area contributed by atoms with E-state index in [1.54, 1.807) is 48.5 Å². The summed E-state index contributed by atoms with van der Waals surface area (Å²) in [5, 5.41) is 3.35. The minimum Gasteiger partial charge on any atom is -0.460 e. The first kappa shape index (κ1) is 34.8. The molecule has 0 heterocycles. The molecular weight excluding hydrogens is 590 g/mol. The molecule has 244 valence electrons. The van der Waals surface area contributed by atoms with Gasteiger partial charge < -0.3 is 14.8 Å². The molecule has 0 atom stereocenters. The van der Waals surface area contributed by atoms with E-state index in [2.05, 4.69) is 5.32 Å². The van der Waals surface area contributed by atoms with Gasteiger partial charge in [0.2, 0.25) is 0 Å². The number of ether oxygens (including phenoxy) is 2. The van der Waals surface area contributed by atoms with Crippen molar-refractivity contribution in [3.8, 4) is 0 Å². The number of ketones is 2. The van der Waals surface area contributed by atoms with E-state index in [1.807, 2.05) is 90.1 Å². The largest absolute Gasteiger partial charge is 0.460 e. The summed E-state index contributed by atoms with van der Waals surface area (Å²) < 4.78 is 10.7. The molecule has 0 bridgehead atoms. The van der Waals surface area contributed by atoms with E-state index < -0.39 is 11.2 Å². The predicted molar refractivity (Wildman–Crippen MR) is 184 cm³/mol. The number of anilines is 2. The fourth-order valence-corrected chi connectivity index (χ4v) is 4.86. The summed E-state index contributed by atoms with van der Waals surface area (Å²) in [6, 6.07) is 29.5. The van der Waals surface area contributed by atoms with Crippen LogP contribution in [0.2, 0.25) is 0 Å². The zero-order chi connectivity index (χ0) is 34.2. The molecule has 0 aromatic heterocycles. The van der Waals surface area contributed by atoms with Crippen LogP contribution in [-0.4, -0.2) is 34.7 Å². The van der Waals surface area contributed by atoms with Crippen molar-refractivity contribution in [3.63, 3.8) is 0 Å². The van der Waals surface area contributed by atoms with Crippen molar-refractivity contribution in [2.24, 2.45) is 0 Å². The first-order valence-corrected chi connectivity index (χ1v) is 15.7. The lowest BCUT2D eigenvalue weighted by Gasteiger charge is -2.19. The molecule has 0 saturated carbocycles. The zero-order valence-electron chi connectivity index (χ0n) is 28.0. The topological polar surface area (TPSA) is 98.8 Å². The number of rotatable bonds is 12. The number of nitrogens with one attached hydrogen (secondary N) is 1. The molecule has 4 aromatic rings. The monoisotopic (exact) mass is 633 g/mol. The van der Waals surface area contributed by atoms with Crippen LogP contribution in [0.25, 0.3) is 0 Å². The van der Waals surface area contributed by atoms with Gasteiger partial charge >= 0.3 is 11.9 Å². The molecule has 0 radical (unpaired) electrons. The second kappa shape index (κ2) is 15.0. The van der Waals surface area contributed by atoms with E-state index in [-0.39, 0.29) is 49.2 Å². The first-order valence-electron chi connectivity index (χ1n) is 15.7. The Hall–Kier alpha value is -5.04. The van der Waals surface area contributed by atoms with Crippen LogP contribution in [0, 0.1) is 0 Å². The lowest BCUT2D eigenvalue weighted by molar-refractivity contribution is -0.155. The van der Waals surface area contributed by atoms with Gasteiger partial charge in [0.1, 0.15) is 11.2 Å². The van der Waals surface area contributed by atoms with Crippen molar-refractivity contribution < 1.29 is 28.7 Å². The maximum atomic E-state index is 12.9. The number of carbonyl (C=O) groups excluding carboxylic acids is 4. The Labute approximate surface area is 277 Å². The third-order valence-electron chi connectivity index (χ3n) is 7.01. The molecule has 1 N–H and O–H groups in total. The predicted octanol–water partition coefficient (Wildman–Crippen LogP) is 8.05. The lowest BCUT2D eigenvalue weighted by atomic mass is 10.0. The molecule has 0 unspecified atom stereocenters. The summed E-state index contributed by atoms with van der Waals surface area (Å²) >= 11 is 0. The van der Waals surface area contributed by atoms with Crippen LogP contribution in [0.5, 0.6) is 0 Å². The SMILES string of the molecule is CC(C)(C)OC(=O)Cc1ccc(C(=O)Cc2ccc(Nc3ccc(CC(=O)c4ccc(CC(=O)OC(C)(C)C)cc4)cc3)cc2)cc1. The van der Waals surface area contributed by atoms with Crippen LogP contribution in [0.4, 0.5) is 11.4 Å². The van der Waals surface area contributed by atoms with Crippen molar-refractivity contribution >= 4 is 34.9 Å². The molecule has 47 heavy (non-hydrogen) atoms. The van der Waals surface area contributed by atoms with Gasteiger partial charge in [0.15, 0.2) is 11.6 Å². The van der Waals surface area contributed by atoms with Crippen molar-refractivity contribution in [2.75, 3.05) is 5.32 Å². The molecule has 0 amide bonds. The minimum atomic E-state index is -0.534. The van der Waals surface area contributed by atoms with E-state index in [0.29, 0.717) is 11.1 Å². The highest BCUT2D eigenvalue weighted by Crippen LogP contribution is 2.20. The summed E-state index contributed by atoms with van der Waals surface area (Å²) in [7, 11) is 0. The van der Waals surface area contributed by atoms with Crippen LogP contribution >= 0.6 is 0 Å². The Morgan fingerprint density at radius 3 is 1.02 bits per heavy atom. The number of Topliss-reactive ketones (excluding diaryl/α,β-unsaturated/α-hetero) is 2. The molecular formula is C40H43NO6. The molecule has 7 heteroatoms. The normalized spacial score (nSPS) is 11.4. The highest BCUT2D eigenvalue weighted by Gasteiger charge is 2.18. The first-order chi connectivity index (χ1) is 22.1. The standard InChI is InChI=1S/C40H43NO6/c1-39(2,3)46-37(44)25-29-7-15-31(16-8-29)35(42)23-27-11-19-33(20-12-27)41-34-21-13-28(14-22-34)24-36(43)32-17-9-30(10-18-32)26-38(45)47-40(4,5)6/h7-22,41H,23-26H2,1-6H3. The fourth-order valence-electron chi connectivity index (χ4n) is 4.86. The van der Waals surface area contributed by atoms with Crippen LogP contribution < -0.4 is 5.32 Å². The van der Waals surface area contributed by atoms with Crippen LogP contribution in [0.1, 0.15) is 84.5 Å². The van der Waals surface area contributed by atoms with Gasteiger partial charge in [0, 0.05) is 35.3 Å². The Morgan fingerprint density at radius 2 is 0.723 bits per heavy atom. The highest BCUT2D eigenvalue weighted by atomic mass is 16.6. The number of hydrogen-bond acceptors (Lipinski definition) is 7.